The molecule has 6 nitrogen and oxygen atoms in total. The first kappa shape index (κ1) is 20.2. The van der Waals surface area contributed by atoms with E-state index in [1.807, 2.05) is 54.6 Å². The van der Waals surface area contributed by atoms with E-state index in [-0.39, 0.29) is 18.3 Å². The van der Waals surface area contributed by atoms with Crippen LogP contribution in [0.2, 0.25) is 0 Å². The Kier molecular flexibility index (Phi) is 5.95. The number of nitrogens with zero attached hydrogens (tertiary/aromatic N) is 2. The molecule has 2 N–H and O–H groups in total. The van der Waals surface area contributed by atoms with Gasteiger partial charge in [0.2, 0.25) is 11.2 Å². The van der Waals surface area contributed by atoms with E-state index in [0.29, 0.717) is 6.42 Å². The molecule has 0 saturated carbocycles. The minimum atomic E-state index is -0.783. The smallest absolute Gasteiger partial charge is 0.407 e. The fraction of sp³-hybridized carbons (Fsp3) is 0.160. The molecule has 1 aliphatic carbocycles. The largest absolute Gasteiger partial charge is 0.504 e. The molecule has 1 atom stereocenters. The molecule has 0 fully saturated rings. The van der Waals surface area contributed by atoms with E-state index in [2.05, 4.69) is 34.6 Å². The second-order valence-electron chi connectivity index (χ2n) is 7.38. The van der Waals surface area contributed by atoms with Crippen LogP contribution in [0.15, 0.2) is 90.8 Å². The molecular weight excluding hydrogens is 390 g/mol. The second kappa shape index (κ2) is 9.14. The third-order valence-electron chi connectivity index (χ3n) is 5.47. The molecule has 1 amide bonds. The molecule has 31 heavy (non-hydrogen) atoms. The van der Waals surface area contributed by atoms with Gasteiger partial charge in [0, 0.05) is 12.3 Å². The summed E-state index contributed by atoms with van der Waals surface area (Å²) in [5, 5.41) is 21.6. The molecule has 1 aliphatic rings. The van der Waals surface area contributed by atoms with Crippen LogP contribution >= 0.6 is 0 Å². The quantitative estimate of drug-likeness (QED) is 0.420. The zero-order chi connectivity index (χ0) is 21.6. The molecule has 0 radical (unpaired) electrons. The summed E-state index contributed by atoms with van der Waals surface area (Å²) in [7, 11) is 0. The van der Waals surface area contributed by atoms with Gasteiger partial charge in [0.15, 0.2) is 4.98 Å². The summed E-state index contributed by atoms with van der Waals surface area (Å²) < 4.78 is 5.55. The van der Waals surface area contributed by atoms with Crippen molar-refractivity contribution in [3.05, 3.63) is 112 Å². The van der Waals surface area contributed by atoms with Crippen molar-refractivity contribution in [2.45, 2.75) is 18.4 Å². The van der Waals surface area contributed by atoms with Gasteiger partial charge in [0.05, 0.1) is 0 Å². The van der Waals surface area contributed by atoms with Gasteiger partial charge in [-0.2, -0.15) is 0 Å². The topological polar surface area (TPSA) is 86.7 Å². The van der Waals surface area contributed by atoms with Crippen molar-refractivity contribution in [2.24, 2.45) is 0 Å². The lowest BCUT2D eigenvalue weighted by Gasteiger charge is -2.18. The van der Waals surface area contributed by atoms with Crippen LogP contribution in [0.25, 0.3) is 16.1 Å². The lowest BCUT2D eigenvalue weighted by Crippen LogP contribution is -2.38. The zero-order valence-electron chi connectivity index (χ0n) is 16.8. The predicted octanol–water partition coefficient (Wildman–Crippen LogP) is 5.39. The van der Waals surface area contributed by atoms with Crippen molar-refractivity contribution in [1.29, 1.82) is 5.39 Å². The number of hydrogen-bond acceptors (Lipinski definition) is 4. The first-order valence-corrected chi connectivity index (χ1v) is 10.1. The number of amides is 1. The van der Waals surface area contributed by atoms with Crippen LogP contribution in [-0.4, -0.2) is 23.8 Å². The summed E-state index contributed by atoms with van der Waals surface area (Å²) in [5.41, 5.74) is 5.46. The number of fused-ring (bicyclic) bond motifs is 3. The molecule has 6 heteroatoms. The van der Waals surface area contributed by atoms with E-state index in [4.69, 9.17) is 10.1 Å². The standard InChI is InChI=1S/C25H21N3O3/c26-27-15-24(29)23(14-17-8-2-1-3-9-17)28-25(30)31-16-22-20-12-6-4-10-18(20)19-11-5-7-13-21(19)22/h1-13,15,22-23H,14,16H2,(H-,28,29,30)/p+1/b24-15+/t23-/m1/s1. The minimum absolute atomic E-state index is 0.0534. The van der Waals surface area contributed by atoms with E-state index in [1.54, 1.807) is 0 Å². The Morgan fingerprint density at radius 3 is 2.19 bits per heavy atom. The summed E-state index contributed by atoms with van der Waals surface area (Å²) in [6.45, 7) is 0.173. The molecule has 0 aliphatic heterocycles. The number of aliphatic hydroxyl groups excluding tert-OH is 1. The van der Waals surface area contributed by atoms with Gasteiger partial charge in [0.25, 0.3) is 0 Å². The van der Waals surface area contributed by atoms with Gasteiger partial charge < -0.3 is 15.2 Å². The van der Waals surface area contributed by atoms with Crippen molar-refractivity contribution in [3.8, 4) is 11.1 Å². The Hall–Kier alpha value is -4.11. The van der Waals surface area contributed by atoms with Gasteiger partial charge in [-0.3, -0.25) is 0 Å². The highest BCUT2D eigenvalue weighted by Crippen LogP contribution is 2.44. The van der Waals surface area contributed by atoms with Crippen LogP contribution in [-0.2, 0) is 11.2 Å². The monoisotopic (exact) mass is 412 g/mol. The molecule has 3 aromatic carbocycles. The Balaban J connectivity index is 1.46. The van der Waals surface area contributed by atoms with Crippen LogP contribution in [0.4, 0.5) is 4.79 Å². The third kappa shape index (κ3) is 4.41. The van der Waals surface area contributed by atoms with Crippen LogP contribution in [0.3, 0.4) is 0 Å². The van der Waals surface area contributed by atoms with Crippen molar-refractivity contribution >= 4 is 6.09 Å². The number of diazo groups is 1. The number of rotatable bonds is 6. The number of ether oxygens (including phenoxy) is 1. The van der Waals surface area contributed by atoms with E-state index in [9.17, 15) is 9.90 Å². The van der Waals surface area contributed by atoms with E-state index < -0.39 is 12.1 Å². The lowest BCUT2D eigenvalue weighted by atomic mass is 9.98. The van der Waals surface area contributed by atoms with Gasteiger partial charge >= 0.3 is 12.3 Å². The average Bonchev–Trinajstić information content (AvgIpc) is 3.12. The number of aliphatic hydroxyl groups is 1. The minimum Gasteiger partial charge on any atom is -0.504 e. The van der Waals surface area contributed by atoms with Crippen molar-refractivity contribution < 1.29 is 14.6 Å². The third-order valence-corrected chi connectivity index (χ3v) is 5.47. The normalized spacial score (nSPS) is 13.6. The van der Waals surface area contributed by atoms with Crippen LogP contribution < -0.4 is 5.32 Å². The average molecular weight is 412 g/mol. The van der Waals surface area contributed by atoms with Gasteiger partial charge in [-0.1, -0.05) is 78.9 Å². The molecule has 4 rings (SSSR count). The Bertz CT molecular complexity index is 1110. The summed E-state index contributed by atoms with van der Waals surface area (Å²) in [6, 6.07) is 24.8. The maximum absolute atomic E-state index is 12.6. The Morgan fingerprint density at radius 2 is 1.58 bits per heavy atom. The molecule has 154 valence electrons. The number of hydrogen-bond donors (Lipinski definition) is 2. The SMILES string of the molecule is N#[N+]/C=C(/O)[C@@H](Cc1ccccc1)NC(=O)OCC1c2ccccc2-c2ccccc21. The maximum Gasteiger partial charge on any atom is 0.407 e. The summed E-state index contributed by atoms with van der Waals surface area (Å²) in [5.74, 6) is -0.317. The number of carbonyl (C=O) groups is 1. The van der Waals surface area contributed by atoms with Gasteiger partial charge in [-0.05, 0) is 27.8 Å². The molecule has 0 aromatic heterocycles. The fourth-order valence-electron chi connectivity index (χ4n) is 4.01. The van der Waals surface area contributed by atoms with Crippen molar-refractivity contribution in [3.63, 3.8) is 0 Å². The van der Waals surface area contributed by atoms with Crippen LogP contribution in [0.5, 0.6) is 0 Å². The molecule has 0 bridgehead atoms. The van der Waals surface area contributed by atoms with Crippen LogP contribution in [0.1, 0.15) is 22.6 Å². The molecule has 0 heterocycles. The maximum atomic E-state index is 12.6. The molecule has 0 unspecified atom stereocenters. The van der Waals surface area contributed by atoms with Crippen LogP contribution in [0, 0.1) is 5.39 Å². The number of carbonyl (C=O) groups excluding carboxylic acids is 1. The Morgan fingerprint density at radius 1 is 1.00 bits per heavy atom. The highest BCUT2D eigenvalue weighted by Gasteiger charge is 2.29. The van der Waals surface area contributed by atoms with Gasteiger partial charge in [-0.25, -0.2) is 4.79 Å². The number of alkyl carbamates (subject to hydrolysis) is 1. The first-order valence-electron chi connectivity index (χ1n) is 10.1. The van der Waals surface area contributed by atoms with Crippen molar-refractivity contribution in [2.75, 3.05) is 6.61 Å². The molecule has 0 saturated heterocycles. The predicted molar refractivity (Wildman–Crippen MR) is 118 cm³/mol. The highest BCUT2D eigenvalue weighted by atomic mass is 16.5. The molecular formula is C25H22N3O3+. The van der Waals surface area contributed by atoms with E-state index >= 15 is 0 Å². The second-order valence-corrected chi connectivity index (χ2v) is 7.38. The Labute approximate surface area is 180 Å². The number of nitrogens with one attached hydrogen (secondary N) is 1. The first-order chi connectivity index (χ1) is 15.2. The molecule has 3 aromatic rings. The van der Waals surface area contributed by atoms with Gasteiger partial charge in [0.1, 0.15) is 12.6 Å². The lowest BCUT2D eigenvalue weighted by molar-refractivity contribution is 0.138. The highest BCUT2D eigenvalue weighted by molar-refractivity contribution is 5.79. The summed E-state index contributed by atoms with van der Waals surface area (Å²) in [6.07, 6.45) is 0.570. The van der Waals surface area contributed by atoms with E-state index in [0.717, 1.165) is 34.0 Å². The van der Waals surface area contributed by atoms with Crippen molar-refractivity contribution in [1.82, 2.24) is 5.32 Å². The zero-order valence-corrected chi connectivity index (χ0v) is 16.8. The van der Waals surface area contributed by atoms with E-state index in [1.165, 1.54) is 0 Å². The fourth-order valence-corrected chi connectivity index (χ4v) is 4.01. The summed E-state index contributed by atoms with van der Waals surface area (Å²) in [4.78, 5) is 15.4. The molecule has 0 spiro atoms. The van der Waals surface area contributed by atoms with Gasteiger partial charge in [-0.15, -0.1) is 0 Å². The number of benzene rings is 3. The summed E-state index contributed by atoms with van der Waals surface area (Å²) >= 11 is 0.